The highest BCUT2D eigenvalue weighted by Gasteiger charge is 2.44. The topological polar surface area (TPSA) is 35.6 Å². The van der Waals surface area contributed by atoms with Crippen LogP contribution >= 0.6 is 11.8 Å². The molecule has 0 bridgehead atoms. The Bertz CT molecular complexity index is 299. The van der Waals surface area contributed by atoms with Crippen molar-refractivity contribution in [1.29, 1.82) is 0 Å². The molecule has 5 heteroatoms. The molecule has 1 N–H and O–H groups in total. The van der Waals surface area contributed by atoms with Crippen LogP contribution < -0.4 is 5.32 Å². The Balaban J connectivity index is 1.66. The fraction of sp³-hybridized carbons (Fsp3) is 0.929. The van der Waals surface area contributed by atoms with Crippen LogP contribution in [0.15, 0.2) is 0 Å². The minimum atomic E-state index is 0.205. The van der Waals surface area contributed by atoms with Crippen LogP contribution in [0.2, 0.25) is 0 Å². The summed E-state index contributed by atoms with van der Waals surface area (Å²) in [6.45, 7) is 8.85. The number of hydrogen-bond acceptors (Lipinski definition) is 4. The van der Waals surface area contributed by atoms with Crippen LogP contribution in [0, 0.1) is 5.41 Å². The molecule has 0 aromatic rings. The van der Waals surface area contributed by atoms with E-state index in [-0.39, 0.29) is 5.91 Å². The summed E-state index contributed by atoms with van der Waals surface area (Å²) in [7, 11) is 2.19. The lowest BCUT2D eigenvalue weighted by Crippen LogP contribution is -2.48. The minimum Gasteiger partial charge on any atom is -0.355 e. The van der Waals surface area contributed by atoms with Gasteiger partial charge in [-0.2, -0.15) is 11.8 Å². The van der Waals surface area contributed by atoms with Crippen LogP contribution in [0.4, 0.5) is 0 Å². The molecule has 1 aliphatic heterocycles. The minimum absolute atomic E-state index is 0.205. The molecule has 0 radical (unpaired) electrons. The van der Waals surface area contributed by atoms with Gasteiger partial charge in [-0.15, -0.1) is 0 Å². The molecule has 2 fully saturated rings. The van der Waals surface area contributed by atoms with Gasteiger partial charge in [0.15, 0.2) is 0 Å². The lowest BCUT2D eigenvalue weighted by atomic mass is 10.1. The zero-order valence-electron chi connectivity index (χ0n) is 12.3. The van der Waals surface area contributed by atoms with Gasteiger partial charge in [-0.25, -0.2) is 0 Å². The number of thioether (sulfide) groups is 1. The lowest BCUT2D eigenvalue weighted by Gasteiger charge is -2.34. The summed E-state index contributed by atoms with van der Waals surface area (Å²) in [6, 6.07) is 0. The van der Waals surface area contributed by atoms with Crippen molar-refractivity contribution in [2.75, 3.05) is 57.8 Å². The third kappa shape index (κ3) is 4.97. The number of piperazine rings is 1. The zero-order valence-corrected chi connectivity index (χ0v) is 13.1. The Morgan fingerprint density at radius 1 is 1.26 bits per heavy atom. The Kier molecular flexibility index (Phi) is 5.54. The first-order chi connectivity index (χ1) is 9.13. The van der Waals surface area contributed by atoms with Crippen molar-refractivity contribution in [3.8, 4) is 0 Å². The van der Waals surface area contributed by atoms with E-state index in [0.717, 1.165) is 12.3 Å². The molecule has 1 heterocycles. The van der Waals surface area contributed by atoms with Crippen LogP contribution in [-0.4, -0.2) is 73.5 Å². The summed E-state index contributed by atoms with van der Waals surface area (Å²) in [4.78, 5) is 16.6. The Morgan fingerprint density at radius 3 is 2.53 bits per heavy atom. The molecule has 0 aromatic carbocycles. The van der Waals surface area contributed by atoms with E-state index in [4.69, 9.17) is 0 Å². The van der Waals surface area contributed by atoms with Gasteiger partial charge in [-0.3, -0.25) is 4.79 Å². The van der Waals surface area contributed by atoms with Crippen LogP contribution in [-0.2, 0) is 4.79 Å². The van der Waals surface area contributed by atoms with Gasteiger partial charge in [-0.1, -0.05) is 6.92 Å². The highest BCUT2D eigenvalue weighted by molar-refractivity contribution is 7.99. The number of likely N-dealkylation sites (N-methyl/N-ethyl adjacent to an activating group) is 1. The third-order valence-corrected chi connectivity index (χ3v) is 5.08. The van der Waals surface area contributed by atoms with Crippen LogP contribution in [0.1, 0.15) is 19.8 Å². The Hall–Kier alpha value is -0.260. The van der Waals surface area contributed by atoms with Gasteiger partial charge in [0.1, 0.15) is 0 Å². The number of hydrogen-bond donors (Lipinski definition) is 1. The van der Waals surface area contributed by atoms with Crippen LogP contribution in [0.3, 0.4) is 0 Å². The van der Waals surface area contributed by atoms with Crippen LogP contribution in [0.5, 0.6) is 0 Å². The van der Waals surface area contributed by atoms with E-state index in [1.54, 1.807) is 11.8 Å². The number of nitrogens with zero attached hydrogens (tertiary/aromatic N) is 2. The smallest absolute Gasteiger partial charge is 0.230 e. The Morgan fingerprint density at radius 2 is 1.95 bits per heavy atom. The fourth-order valence-electron chi connectivity index (χ4n) is 2.58. The standard InChI is InChI=1S/C14H27N3OS/c1-3-19-10-13(18)15-11-14(4-5-14)12-17-8-6-16(2)7-9-17/h3-12H2,1-2H3,(H,15,18). The van der Waals surface area contributed by atoms with Crippen molar-refractivity contribution < 1.29 is 4.79 Å². The van der Waals surface area contributed by atoms with Gasteiger partial charge in [0, 0.05) is 44.7 Å². The quantitative estimate of drug-likeness (QED) is 0.753. The second-order valence-electron chi connectivity index (χ2n) is 5.99. The van der Waals surface area contributed by atoms with Crippen molar-refractivity contribution in [1.82, 2.24) is 15.1 Å². The maximum Gasteiger partial charge on any atom is 0.230 e. The second-order valence-corrected chi connectivity index (χ2v) is 7.27. The molecule has 0 unspecified atom stereocenters. The summed E-state index contributed by atoms with van der Waals surface area (Å²) >= 11 is 1.70. The average Bonchev–Trinajstić information content (AvgIpc) is 3.17. The SMILES string of the molecule is CCSCC(=O)NCC1(CN2CCN(C)CC2)CC1. The number of amides is 1. The first-order valence-electron chi connectivity index (χ1n) is 7.39. The zero-order chi connectivity index (χ0) is 13.7. The van der Waals surface area contributed by atoms with E-state index in [9.17, 15) is 4.79 Å². The first-order valence-corrected chi connectivity index (χ1v) is 8.54. The lowest BCUT2D eigenvalue weighted by molar-refractivity contribution is -0.118. The van der Waals surface area contributed by atoms with Crippen molar-refractivity contribution >= 4 is 17.7 Å². The fourth-order valence-corrected chi connectivity index (χ4v) is 3.07. The molecule has 1 aliphatic carbocycles. The number of carbonyl (C=O) groups is 1. The van der Waals surface area contributed by atoms with Crippen molar-refractivity contribution in [3.05, 3.63) is 0 Å². The summed E-state index contributed by atoms with van der Waals surface area (Å²) in [5.74, 6) is 1.83. The molecule has 0 aromatic heterocycles. The van der Waals surface area contributed by atoms with E-state index in [1.807, 2.05) is 0 Å². The molecular formula is C14H27N3OS. The third-order valence-electron chi connectivity index (χ3n) is 4.21. The van der Waals surface area contributed by atoms with Crippen molar-refractivity contribution in [2.45, 2.75) is 19.8 Å². The molecule has 19 heavy (non-hydrogen) atoms. The molecule has 1 saturated carbocycles. The second kappa shape index (κ2) is 6.95. The van der Waals surface area contributed by atoms with Gasteiger partial charge >= 0.3 is 0 Å². The molecule has 2 rings (SSSR count). The number of carbonyl (C=O) groups excluding carboxylic acids is 1. The van der Waals surface area contributed by atoms with Gasteiger partial charge in [0.05, 0.1) is 5.75 Å². The molecule has 0 atom stereocenters. The maximum absolute atomic E-state index is 11.7. The largest absolute Gasteiger partial charge is 0.355 e. The van der Waals surface area contributed by atoms with Crippen LogP contribution in [0.25, 0.3) is 0 Å². The summed E-state index contributed by atoms with van der Waals surface area (Å²) in [5, 5.41) is 3.12. The molecule has 0 spiro atoms. The molecule has 4 nitrogen and oxygen atoms in total. The van der Waals surface area contributed by atoms with E-state index >= 15 is 0 Å². The van der Waals surface area contributed by atoms with E-state index in [1.165, 1.54) is 45.6 Å². The predicted molar refractivity (Wildman–Crippen MR) is 81.6 cm³/mol. The average molecular weight is 285 g/mol. The van der Waals surface area contributed by atoms with Gasteiger partial charge < -0.3 is 15.1 Å². The van der Waals surface area contributed by atoms with E-state index in [0.29, 0.717) is 11.2 Å². The van der Waals surface area contributed by atoms with E-state index < -0.39 is 0 Å². The van der Waals surface area contributed by atoms with Crippen molar-refractivity contribution in [3.63, 3.8) is 0 Å². The van der Waals surface area contributed by atoms with Crippen molar-refractivity contribution in [2.24, 2.45) is 5.41 Å². The highest BCUT2D eigenvalue weighted by atomic mass is 32.2. The summed E-state index contributed by atoms with van der Waals surface area (Å²) < 4.78 is 0. The van der Waals surface area contributed by atoms with Gasteiger partial charge in [-0.05, 0) is 25.6 Å². The molecule has 1 amide bonds. The number of nitrogens with one attached hydrogen (secondary N) is 1. The normalized spacial score (nSPS) is 23.3. The highest BCUT2D eigenvalue weighted by Crippen LogP contribution is 2.45. The summed E-state index contributed by atoms with van der Waals surface area (Å²) in [5.41, 5.74) is 0.391. The van der Waals surface area contributed by atoms with Gasteiger partial charge in [0.25, 0.3) is 0 Å². The van der Waals surface area contributed by atoms with Gasteiger partial charge in [0.2, 0.25) is 5.91 Å². The maximum atomic E-state index is 11.7. The Labute approximate surface area is 121 Å². The molecule has 2 aliphatic rings. The predicted octanol–water partition coefficient (Wildman–Crippen LogP) is 0.883. The molecule has 1 saturated heterocycles. The summed E-state index contributed by atoms with van der Waals surface area (Å²) in [6.07, 6.45) is 2.56. The monoisotopic (exact) mass is 285 g/mol. The molecular weight excluding hydrogens is 258 g/mol. The first kappa shape index (κ1) is 15.1. The number of rotatable bonds is 7. The molecule has 110 valence electrons. The van der Waals surface area contributed by atoms with E-state index in [2.05, 4.69) is 29.1 Å².